The Morgan fingerprint density at radius 2 is 1.62 bits per heavy atom. The van der Waals surface area contributed by atoms with Crippen LogP contribution in [0.3, 0.4) is 0 Å². The molecule has 0 aliphatic carbocycles. The van der Waals surface area contributed by atoms with E-state index in [0.717, 1.165) is 10.5 Å². The first-order valence-electron chi connectivity index (χ1n) is 9.25. The Hall–Kier alpha value is -2.77. The van der Waals surface area contributed by atoms with E-state index in [4.69, 9.17) is 21.1 Å². The molecule has 1 atom stereocenters. The van der Waals surface area contributed by atoms with E-state index in [1.165, 1.54) is 0 Å². The highest BCUT2D eigenvalue weighted by Crippen LogP contribution is 2.27. The fourth-order valence-corrected chi connectivity index (χ4v) is 2.92. The van der Waals surface area contributed by atoms with Crippen molar-refractivity contribution < 1.29 is 24.0 Å². The average molecular weight is 421 g/mol. The normalized spacial score (nSPS) is 11.4. The monoisotopic (exact) mass is 420 g/mol. The van der Waals surface area contributed by atoms with Crippen molar-refractivity contribution in [1.29, 1.82) is 0 Å². The molecule has 0 radical (unpaired) electrons. The van der Waals surface area contributed by atoms with Crippen LogP contribution in [0.1, 0.15) is 5.56 Å². The van der Waals surface area contributed by atoms with Gasteiger partial charge in [0.25, 0.3) is 11.8 Å². The van der Waals surface area contributed by atoms with Gasteiger partial charge in [0.1, 0.15) is 0 Å². The number of quaternary nitrogens is 1. The largest absolute Gasteiger partial charge is 0.493 e. The van der Waals surface area contributed by atoms with Gasteiger partial charge in [-0.25, -0.2) is 0 Å². The lowest BCUT2D eigenvalue weighted by atomic mass is 10.1. The average Bonchev–Trinajstić information content (AvgIpc) is 2.69. The minimum Gasteiger partial charge on any atom is -0.493 e. The number of benzene rings is 2. The van der Waals surface area contributed by atoms with Crippen molar-refractivity contribution in [1.82, 2.24) is 5.32 Å². The number of hydrogen-bond donors (Lipinski definition) is 3. The second kappa shape index (κ2) is 11.3. The zero-order valence-electron chi connectivity index (χ0n) is 16.9. The Bertz CT molecular complexity index is 827. The number of ether oxygens (including phenoxy) is 2. The van der Waals surface area contributed by atoms with Crippen LogP contribution in [-0.2, 0) is 16.0 Å². The summed E-state index contributed by atoms with van der Waals surface area (Å²) in [5, 5.41) is 6.27. The van der Waals surface area contributed by atoms with Gasteiger partial charge in [0.15, 0.2) is 24.6 Å². The van der Waals surface area contributed by atoms with Crippen molar-refractivity contribution in [3.8, 4) is 11.5 Å². The number of halogens is 1. The molecule has 0 aromatic heterocycles. The fourth-order valence-electron chi connectivity index (χ4n) is 2.79. The minimum atomic E-state index is -0.164. The molecule has 2 amide bonds. The van der Waals surface area contributed by atoms with Crippen LogP contribution < -0.4 is 25.0 Å². The van der Waals surface area contributed by atoms with Crippen LogP contribution in [0.25, 0.3) is 0 Å². The highest BCUT2D eigenvalue weighted by Gasteiger charge is 2.14. The molecule has 2 aromatic carbocycles. The molecule has 156 valence electrons. The van der Waals surface area contributed by atoms with Crippen LogP contribution in [0.2, 0.25) is 5.02 Å². The van der Waals surface area contributed by atoms with E-state index in [1.807, 2.05) is 18.2 Å². The predicted molar refractivity (Wildman–Crippen MR) is 113 cm³/mol. The number of rotatable bonds is 10. The Kier molecular flexibility index (Phi) is 8.76. The summed E-state index contributed by atoms with van der Waals surface area (Å²) in [5.41, 5.74) is 1.71. The first kappa shape index (κ1) is 22.5. The van der Waals surface area contributed by atoms with Crippen molar-refractivity contribution in [2.75, 3.05) is 46.2 Å². The van der Waals surface area contributed by atoms with Gasteiger partial charge in [-0.2, -0.15) is 0 Å². The lowest BCUT2D eigenvalue weighted by molar-refractivity contribution is -0.862. The van der Waals surface area contributed by atoms with Crippen molar-refractivity contribution in [3.05, 3.63) is 53.1 Å². The van der Waals surface area contributed by atoms with Crippen LogP contribution in [0.15, 0.2) is 42.5 Å². The second-order valence-corrected chi connectivity index (χ2v) is 7.09. The first-order valence-corrected chi connectivity index (χ1v) is 9.63. The molecule has 0 heterocycles. The van der Waals surface area contributed by atoms with Crippen molar-refractivity contribution in [2.24, 2.45) is 0 Å². The van der Waals surface area contributed by atoms with E-state index >= 15 is 0 Å². The maximum atomic E-state index is 12.1. The summed E-state index contributed by atoms with van der Waals surface area (Å²) >= 11 is 5.83. The van der Waals surface area contributed by atoms with Gasteiger partial charge in [0.2, 0.25) is 0 Å². The molecule has 0 spiro atoms. The maximum absolute atomic E-state index is 12.1. The summed E-state index contributed by atoms with van der Waals surface area (Å²) in [6.45, 7) is 0.893. The summed E-state index contributed by atoms with van der Waals surface area (Å²) < 4.78 is 10.5. The lowest BCUT2D eigenvalue weighted by Crippen LogP contribution is -3.11. The number of amides is 2. The molecule has 3 N–H and O–H groups in total. The number of anilines is 1. The van der Waals surface area contributed by atoms with Gasteiger partial charge in [-0.15, -0.1) is 0 Å². The molecular weight excluding hydrogens is 394 g/mol. The van der Waals surface area contributed by atoms with Crippen LogP contribution >= 0.6 is 11.6 Å². The fraction of sp³-hybridized carbons (Fsp3) is 0.333. The molecule has 0 saturated heterocycles. The Morgan fingerprint density at radius 1 is 0.966 bits per heavy atom. The van der Waals surface area contributed by atoms with E-state index in [2.05, 4.69) is 10.6 Å². The standard InChI is InChI=1S/C21H26ClN3O4/c1-25(14-21(27)24-17-7-5-16(22)6-8-17)13-20(26)23-11-10-15-4-9-18(28-2)19(12-15)29-3/h4-9,12H,10-11,13-14H2,1-3H3,(H,23,26)(H,24,27)/p+1. The Morgan fingerprint density at radius 3 is 2.28 bits per heavy atom. The minimum absolute atomic E-state index is 0.109. The zero-order valence-corrected chi connectivity index (χ0v) is 17.6. The van der Waals surface area contributed by atoms with Crippen molar-refractivity contribution >= 4 is 29.1 Å². The quantitative estimate of drug-likeness (QED) is 0.539. The van der Waals surface area contributed by atoms with E-state index in [-0.39, 0.29) is 24.9 Å². The number of methoxy groups -OCH3 is 2. The van der Waals surface area contributed by atoms with Crippen LogP contribution in [0.4, 0.5) is 5.69 Å². The SMILES string of the molecule is COc1ccc(CCNC(=O)C[NH+](C)CC(=O)Nc2ccc(Cl)cc2)cc1OC. The summed E-state index contributed by atoms with van der Waals surface area (Å²) in [4.78, 5) is 25.0. The third kappa shape index (κ3) is 7.63. The van der Waals surface area contributed by atoms with E-state index in [9.17, 15) is 9.59 Å². The van der Waals surface area contributed by atoms with Gasteiger partial charge < -0.3 is 25.0 Å². The highest BCUT2D eigenvalue weighted by molar-refractivity contribution is 6.30. The van der Waals surface area contributed by atoms with Crippen molar-refractivity contribution in [3.63, 3.8) is 0 Å². The molecule has 2 aromatic rings. The summed E-state index contributed by atoms with van der Waals surface area (Å²) in [5.74, 6) is 1.06. The molecule has 0 aliphatic rings. The van der Waals surface area contributed by atoms with Gasteiger partial charge in [0, 0.05) is 17.3 Å². The summed E-state index contributed by atoms with van der Waals surface area (Å²) in [6.07, 6.45) is 0.669. The second-order valence-electron chi connectivity index (χ2n) is 6.66. The highest BCUT2D eigenvalue weighted by atomic mass is 35.5. The maximum Gasteiger partial charge on any atom is 0.279 e. The van der Waals surface area contributed by atoms with E-state index < -0.39 is 0 Å². The molecule has 0 fully saturated rings. The molecule has 0 aliphatic heterocycles. The third-order valence-electron chi connectivity index (χ3n) is 4.24. The third-order valence-corrected chi connectivity index (χ3v) is 4.49. The lowest BCUT2D eigenvalue weighted by Gasteiger charge is -2.14. The van der Waals surface area contributed by atoms with Crippen molar-refractivity contribution in [2.45, 2.75) is 6.42 Å². The molecule has 29 heavy (non-hydrogen) atoms. The van der Waals surface area contributed by atoms with E-state index in [0.29, 0.717) is 35.2 Å². The van der Waals surface area contributed by atoms with Gasteiger partial charge in [0.05, 0.1) is 21.3 Å². The van der Waals surface area contributed by atoms with Crippen LogP contribution in [0.5, 0.6) is 11.5 Å². The molecule has 7 nitrogen and oxygen atoms in total. The van der Waals surface area contributed by atoms with Gasteiger partial charge in [-0.3, -0.25) is 9.59 Å². The van der Waals surface area contributed by atoms with E-state index in [1.54, 1.807) is 45.5 Å². The van der Waals surface area contributed by atoms with Gasteiger partial charge >= 0.3 is 0 Å². The smallest absolute Gasteiger partial charge is 0.279 e. The number of carbonyl (C=O) groups excluding carboxylic acids is 2. The van der Waals surface area contributed by atoms with Crippen LogP contribution in [-0.4, -0.2) is 52.7 Å². The zero-order chi connectivity index (χ0) is 21.2. The predicted octanol–water partition coefficient (Wildman–Crippen LogP) is 1.17. The number of likely N-dealkylation sites (N-methyl/N-ethyl adjacent to an activating group) is 1. The number of nitrogens with one attached hydrogen (secondary N) is 3. The summed E-state index contributed by atoms with van der Waals surface area (Å²) in [6, 6.07) is 12.6. The number of hydrogen-bond acceptors (Lipinski definition) is 4. The van der Waals surface area contributed by atoms with Gasteiger partial charge in [-0.05, 0) is 48.4 Å². The Labute approximate surface area is 175 Å². The molecule has 8 heteroatoms. The molecule has 1 unspecified atom stereocenters. The molecule has 0 saturated carbocycles. The molecule has 0 bridgehead atoms. The first-order chi connectivity index (χ1) is 13.9. The Balaban J connectivity index is 1.71. The van der Waals surface area contributed by atoms with Crippen LogP contribution in [0, 0.1) is 0 Å². The molecule has 2 rings (SSSR count). The number of carbonyl (C=O) groups is 2. The molecular formula is C21H27ClN3O4+. The van der Waals surface area contributed by atoms with Gasteiger partial charge in [-0.1, -0.05) is 17.7 Å². The summed E-state index contributed by atoms with van der Waals surface area (Å²) in [7, 11) is 4.98. The topological polar surface area (TPSA) is 81.1 Å².